The fourth-order valence-electron chi connectivity index (χ4n) is 1.61. The summed E-state index contributed by atoms with van der Waals surface area (Å²) in [6.07, 6.45) is 3.49. The van der Waals surface area contributed by atoms with Gasteiger partial charge in [0.2, 0.25) is 0 Å². The van der Waals surface area contributed by atoms with Crippen LogP contribution in [-0.2, 0) is 0 Å². The Morgan fingerprint density at radius 2 is 2.21 bits per heavy atom. The Labute approximate surface area is 80.9 Å². The zero-order chi connectivity index (χ0) is 9.38. The average molecular weight is 187 g/mol. The highest BCUT2D eigenvalue weighted by Gasteiger charge is 2.19. The number of rotatable bonds is 1. The molecule has 3 rings (SSSR count). The van der Waals surface area contributed by atoms with Crippen molar-refractivity contribution in [1.29, 1.82) is 0 Å². The molecule has 0 bridgehead atoms. The lowest BCUT2D eigenvalue weighted by Gasteiger charge is -2.15. The van der Waals surface area contributed by atoms with Gasteiger partial charge in [0.25, 0.3) is 0 Å². The number of nitrogens with one attached hydrogen (secondary N) is 1. The molecule has 0 spiro atoms. The summed E-state index contributed by atoms with van der Waals surface area (Å²) in [4.78, 5) is 1.72. The van der Waals surface area contributed by atoms with E-state index in [4.69, 9.17) is 0 Å². The van der Waals surface area contributed by atoms with Crippen molar-refractivity contribution >= 4 is 11.4 Å². The van der Waals surface area contributed by atoms with Crippen LogP contribution >= 0.6 is 0 Å². The Hall–Kier alpha value is -2.04. The van der Waals surface area contributed by atoms with Gasteiger partial charge in [-0.25, -0.2) is 5.01 Å². The van der Waals surface area contributed by atoms with Crippen LogP contribution in [0.2, 0.25) is 0 Å². The quantitative estimate of drug-likeness (QED) is 0.721. The molecule has 1 aromatic carbocycles. The predicted octanol–water partition coefficient (Wildman–Crippen LogP) is 0.931. The van der Waals surface area contributed by atoms with Crippen molar-refractivity contribution in [2.45, 2.75) is 0 Å². The molecule has 14 heavy (non-hydrogen) atoms. The van der Waals surface area contributed by atoms with Gasteiger partial charge in [0.1, 0.15) is 6.67 Å². The smallest absolute Gasteiger partial charge is 0.110 e. The van der Waals surface area contributed by atoms with Crippen LogP contribution in [0.1, 0.15) is 0 Å². The number of fused-ring (bicyclic) bond motifs is 1. The van der Waals surface area contributed by atoms with E-state index < -0.39 is 0 Å². The zero-order valence-electron chi connectivity index (χ0n) is 7.46. The summed E-state index contributed by atoms with van der Waals surface area (Å²) in [7, 11) is 0. The van der Waals surface area contributed by atoms with Gasteiger partial charge in [0, 0.05) is 0 Å². The molecule has 0 aliphatic carbocycles. The van der Waals surface area contributed by atoms with E-state index in [-0.39, 0.29) is 0 Å². The number of para-hydroxylation sites is 2. The molecule has 1 aromatic heterocycles. The molecule has 5 heteroatoms. The molecule has 0 radical (unpaired) electrons. The van der Waals surface area contributed by atoms with Gasteiger partial charge in [-0.15, -0.1) is 5.10 Å². The maximum Gasteiger partial charge on any atom is 0.110 e. The molecule has 1 aliphatic rings. The lowest BCUT2D eigenvalue weighted by molar-refractivity contribution is 0.618. The highest BCUT2D eigenvalue weighted by Crippen LogP contribution is 2.30. The van der Waals surface area contributed by atoms with Crippen LogP contribution in [0.15, 0.2) is 36.7 Å². The van der Waals surface area contributed by atoms with Gasteiger partial charge < -0.3 is 5.32 Å². The monoisotopic (exact) mass is 187 g/mol. The van der Waals surface area contributed by atoms with Gasteiger partial charge in [-0.3, -0.25) is 0 Å². The van der Waals surface area contributed by atoms with Crippen molar-refractivity contribution in [2.75, 3.05) is 17.0 Å². The minimum Gasteiger partial charge on any atom is -0.364 e. The molecule has 0 amide bonds. The van der Waals surface area contributed by atoms with Crippen molar-refractivity contribution in [3.05, 3.63) is 36.7 Å². The molecule has 0 unspecified atom stereocenters. The van der Waals surface area contributed by atoms with Gasteiger partial charge in [-0.1, -0.05) is 12.1 Å². The number of anilines is 2. The molecule has 0 fully saturated rings. The first-order chi connectivity index (χ1) is 6.95. The minimum atomic E-state index is 0.725. The first kappa shape index (κ1) is 7.37. The maximum atomic E-state index is 3.95. The fraction of sp³-hybridized carbons (Fsp3) is 0.111. The van der Waals surface area contributed by atoms with Gasteiger partial charge >= 0.3 is 0 Å². The molecular formula is C9H9N5. The predicted molar refractivity (Wildman–Crippen MR) is 52.8 cm³/mol. The van der Waals surface area contributed by atoms with Crippen LogP contribution in [0.3, 0.4) is 0 Å². The second-order valence-corrected chi connectivity index (χ2v) is 3.08. The minimum absolute atomic E-state index is 0.725. The highest BCUT2D eigenvalue weighted by molar-refractivity contribution is 5.73. The van der Waals surface area contributed by atoms with E-state index in [1.165, 1.54) is 0 Å². The van der Waals surface area contributed by atoms with Gasteiger partial charge in [-0.2, -0.15) is 4.79 Å². The topological polar surface area (TPSA) is 46.0 Å². The Kier molecular flexibility index (Phi) is 1.44. The van der Waals surface area contributed by atoms with Gasteiger partial charge in [0.05, 0.1) is 23.8 Å². The summed E-state index contributed by atoms with van der Waals surface area (Å²) in [5, 5.41) is 13.0. The van der Waals surface area contributed by atoms with E-state index >= 15 is 0 Å². The van der Waals surface area contributed by atoms with E-state index in [2.05, 4.69) is 21.7 Å². The highest BCUT2D eigenvalue weighted by atomic mass is 15.7. The second kappa shape index (κ2) is 2.73. The summed E-state index contributed by atoms with van der Waals surface area (Å²) in [6, 6.07) is 8.12. The largest absolute Gasteiger partial charge is 0.364 e. The summed E-state index contributed by atoms with van der Waals surface area (Å²) in [5.74, 6) is 0. The molecule has 0 atom stereocenters. The average Bonchev–Trinajstić information content (AvgIpc) is 2.85. The zero-order valence-corrected chi connectivity index (χ0v) is 7.46. The third-order valence-corrected chi connectivity index (χ3v) is 2.26. The summed E-state index contributed by atoms with van der Waals surface area (Å²) in [5.41, 5.74) is 2.25. The third kappa shape index (κ3) is 0.953. The lowest BCUT2D eigenvalue weighted by atomic mass is 10.3. The van der Waals surface area contributed by atoms with Crippen molar-refractivity contribution < 1.29 is 0 Å². The van der Waals surface area contributed by atoms with Crippen molar-refractivity contribution in [3.8, 4) is 0 Å². The molecule has 70 valence electrons. The maximum absolute atomic E-state index is 3.95. The van der Waals surface area contributed by atoms with Crippen LogP contribution in [0.4, 0.5) is 11.4 Å². The van der Waals surface area contributed by atoms with E-state index in [9.17, 15) is 0 Å². The Balaban J connectivity index is 2.06. The van der Waals surface area contributed by atoms with E-state index in [0.717, 1.165) is 18.0 Å². The second-order valence-electron chi connectivity index (χ2n) is 3.08. The van der Waals surface area contributed by atoms with Crippen LogP contribution < -0.4 is 10.3 Å². The number of hydrogen-bond acceptors (Lipinski definition) is 4. The number of aromatic nitrogens is 3. The molecular weight excluding hydrogens is 178 g/mol. The number of benzene rings is 1. The standard InChI is InChI=1S/C9H9N5/c1-2-4-9-8(3-1)10-7-13(9)14-6-5-11-12-14/h1-6,10H,7H2. The van der Waals surface area contributed by atoms with Crippen molar-refractivity contribution in [2.24, 2.45) is 0 Å². The summed E-state index contributed by atoms with van der Waals surface area (Å²) < 4.78 is 0. The molecule has 2 heterocycles. The van der Waals surface area contributed by atoms with E-state index in [0.29, 0.717) is 0 Å². The molecule has 1 N–H and O–H groups in total. The van der Waals surface area contributed by atoms with Crippen molar-refractivity contribution in [3.63, 3.8) is 0 Å². The van der Waals surface area contributed by atoms with Gasteiger partial charge in [-0.05, 0) is 17.3 Å². The van der Waals surface area contributed by atoms with Gasteiger partial charge in [0.15, 0.2) is 0 Å². The molecule has 2 aromatic rings. The molecule has 5 nitrogen and oxygen atoms in total. The third-order valence-electron chi connectivity index (χ3n) is 2.26. The fourth-order valence-corrected chi connectivity index (χ4v) is 1.61. The van der Waals surface area contributed by atoms with E-state index in [1.807, 2.05) is 29.4 Å². The van der Waals surface area contributed by atoms with Crippen LogP contribution in [0, 0.1) is 0 Å². The molecule has 1 aliphatic heterocycles. The van der Waals surface area contributed by atoms with Crippen LogP contribution in [0.5, 0.6) is 0 Å². The first-order valence-corrected chi connectivity index (χ1v) is 4.42. The summed E-state index contributed by atoms with van der Waals surface area (Å²) >= 11 is 0. The lowest BCUT2D eigenvalue weighted by Crippen LogP contribution is -2.29. The normalized spacial score (nSPS) is 13.9. The summed E-state index contributed by atoms with van der Waals surface area (Å²) in [6.45, 7) is 0.725. The number of hydrogen-bond donors (Lipinski definition) is 1. The van der Waals surface area contributed by atoms with Crippen LogP contribution in [-0.4, -0.2) is 21.8 Å². The first-order valence-electron chi connectivity index (χ1n) is 4.42. The van der Waals surface area contributed by atoms with E-state index in [1.54, 1.807) is 11.0 Å². The van der Waals surface area contributed by atoms with Crippen LogP contribution in [0.25, 0.3) is 0 Å². The Morgan fingerprint density at radius 1 is 1.29 bits per heavy atom. The Morgan fingerprint density at radius 3 is 3.07 bits per heavy atom. The van der Waals surface area contributed by atoms with Crippen molar-refractivity contribution in [1.82, 2.24) is 15.1 Å². The molecule has 0 saturated heterocycles. The Bertz CT molecular complexity index is 436. The number of nitrogens with zero attached hydrogens (tertiary/aromatic N) is 4. The molecule has 0 saturated carbocycles. The SMILES string of the molecule is c1ccc2c(c1)NCN2n1ccnn1.